The minimum absolute atomic E-state index is 0.168. The van der Waals surface area contributed by atoms with Gasteiger partial charge in [0.05, 0.1) is 12.1 Å². The summed E-state index contributed by atoms with van der Waals surface area (Å²) in [5, 5.41) is 3.40. The molecular formula is C14H12BrClN2O2. The van der Waals surface area contributed by atoms with Gasteiger partial charge >= 0.3 is 0 Å². The van der Waals surface area contributed by atoms with Crippen LogP contribution in [0.3, 0.4) is 0 Å². The standard InChI is InChI=1S/C14H12BrClN2O2/c1-20-13-6-9(4-5-17-13)8-18-14(19)10-2-3-12(16)11(15)7-10/h2-7H,8H2,1H3,(H,18,19). The van der Waals surface area contributed by atoms with E-state index in [1.807, 2.05) is 6.07 Å². The number of amides is 1. The van der Waals surface area contributed by atoms with E-state index in [9.17, 15) is 4.79 Å². The van der Waals surface area contributed by atoms with E-state index in [0.717, 1.165) is 5.56 Å². The second-order valence-electron chi connectivity index (χ2n) is 4.02. The van der Waals surface area contributed by atoms with Gasteiger partial charge in [-0.25, -0.2) is 4.98 Å². The molecule has 0 saturated heterocycles. The third-order valence-corrected chi connectivity index (χ3v) is 3.86. The van der Waals surface area contributed by atoms with Crippen LogP contribution in [0.2, 0.25) is 5.02 Å². The third-order valence-electron chi connectivity index (χ3n) is 2.64. The Bertz CT molecular complexity index is 634. The SMILES string of the molecule is COc1cc(CNC(=O)c2ccc(Cl)c(Br)c2)ccn1. The monoisotopic (exact) mass is 354 g/mol. The van der Waals surface area contributed by atoms with E-state index in [1.165, 1.54) is 0 Å². The fourth-order valence-electron chi connectivity index (χ4n) is 1.59. The quantitative estimate of drug-likeness (QED) is 0.914. The topological polar surface area (TPSA) is 51.2 Å². The van der Waals surface area contributed by atoms with Crippen LogP contribution >= 0.6 is 27.5 Å². The average Bonchev–Trinajstić information content (AvgIpc) is 2.47. The number of carbonyl (C=O) groups excluding carboxylic acids is 1. The predicted molar refractivity (Wildman–Crippen MR) is 81.1 cm³/mol. The normalized spacial score (nSPS) is 10.2. The molecule has 0 radical (unpaired) electrons. The summed E-state index contributed by atoms with van der Waals surface area (Å²) in [6.07, 6.45) is 1.64. The molecule has 2 rings (SSSR count). The Morgan fingerprint density at radius 1 is 1.40 bits per heavy atom. The molecule has 20 heavy (non-hydrogen) atoms. The molecule has 0 spiro atoms. The number of nitrogens with one attached hydrogen (secondary N) is 1. The highest BCUT2D eigenvalue weighted by Crippen LogP contribution is 2.23. The molecular weight excluding hydrogens is 344 g/mol. The predicted octanol–water partition coefficient (Wildman–Crippen LogP) is 3.44. The first kappa shape index (κ1) is 14.8. The molecule has 0 aliphatic rings. The number of benzene rings is 1. The van der Waals surface area contributed by atoms with Gasteiger partial charge in [0.2, 0.25) is 5.88 Å². The van der Waals surface area contributed by atoms with E-state index >= 15 is 0 Å². The summed E-state index contributed by atoms with van der Waals surface area (Å²) in [7, 11) is 1.55. The van der Waals surface area contributed by atoms with Crippen molar-refractivity contribution >= 4 is 33.4 Å². The van der Waals surface area contributed by atoms with Crippen molar-refractivity contribution in [1.29, 1.82) is 0 Å². The first-order valence-electron chi connectivity index (χ1n) is 5.82. The van der Waals surface area contributed by atoms with Crippen LogP contribution in [0.1, 0.15) is 15.9 Å². The molecule has 1 heterocycles. The van der Waals surface area contributed by atoms with Crippen LogP contribution in [0.4, 0.5) is 0 Å². The van der Waals surface area contributed by atoms with Crippen molar-refractivity contribution < 1.29 is 9.53 Å². The van der Waals surface area contributed by atoms with Gasteiger partial charge in [-0.2, -0.15) is 0 Å². The highest BCUT2D eigenvalue weighted by Gasteiger charge is 2.08. The molecule has 0 aliphatic carbocycles. The lowest BCUT2D eigenvalue weighted by atomic mass is 10.2. The molecule has 0 saturated carbocycles. The average molecular weight is 356 g/mol. The van der Waals surface area contributed by atoms with Gasteiger partial charge in [0.1, 0.15) is 0 Å². The molecule has 0 atom stereocenters. The maximum atomic E-state index is 12.0. The molecule has 1 aromatic carbocycles. The number of pyridine rings is 1. The Morgan fingerprint density at radius 3 is 2.90 bits per heavy atom. The van der Waals surface area contributed by atoms with E-state index in [2.05, 4.69) is 26.2 Å². The fourth-order valence-corrected chi connectivity index (χ4v) is 2.09. The van der Waals surface area contributed by atoms with Crippen molar-refractivity contribution in [2.45, 2.75) is 6.54 Å². The minimum atomic E-state index is -0.168. The van der Waals surface area contributed by atoms with Crippen LogP contribution < -0.4 is 10.1 Å². The second-order valence-corrected chi connectivity index (χ2v) is 5.28. The van der Waals surface area contributed by atoms with Crippen LogP contribution in [0, 0.1) is 0 Å². The first-order chi connectivity index (χ1) is 9.60. The largest absolute Gasteiger partial charge is 0.481 e. The summed E-state index contributed by atoms with van der Waals surface area (Å²) < 4.78 is 5.72. The van der Waals surface area contributed by atoms with Gasteiger partial charge in [0.25, 0.3) is 5.91 Å². The van der Waals surface area contributed by atoms with Gasteiger partial charge in [-0.1, -0.05) is 11.6 Å². The van der Waals surface area contributed by atoms with Crippen LogP contribution in [0.5, 0.6) is 5.88 Å². The zero-order chi connectivity index (χ0) is 14.5. The maximum absolute atomic E-state index is 12.0. The summed E-state index contributed by atoms with van der Waals surface area (Å²) in [6.45, 7) is 0.401. The van der Waals surface area contributed by atoms with Gasteiger partial charge in [-0.3, -0.25) is 4.79 Å². The number of carbonyl (C=O) groups is 1. The number of methoxy groups -OCH3 is 1. The van der Waals surface area contributed by atoms with Crippen molar-refractivity contribution in [3.8, 4) is 5.88 Å². The molecule has 6 heteroatoms. The highest BCUT2D eigenvalue weighted by atomic mass is 79.9. The molecule has 1 aromatic heterocycles. The van der Waals surface area contributed by atoms with E-state index in [0.29, 0.717) is 27.5 Å². The van der Waals surface area contributed by atoms with Crippen molar-refractivity contribution in [3.05, 3.63) is 57.2 Å². The molecule has 1 N–H and O–H groups in total. The number of rotatable bonds is 4. The molecule has 1 amide bonds. The van der Waals surface area contributed by atoms with Crippen LogP contribution in [-0.2, 0) is 6.54 Å². The van der Waals surface area contributed by atoms with Crippen molar-refractivity contribution in [2.24, 2.45) is 0 Å². The molecule has 4 nitrogen and oxygen atoms in total. The van der Waals surface area contributed by atoms with Gasteiger partial charge in [0.15, 0.2) is 0 Å². The third kappa shape index (κ3) is 3.71. The molecule has 0 bridgehead atoms. The molecule has 2 aromatic rings. The number of aromatic nitrogens is 1. The van der Waals surface area contributed by atoms with Crippen LogP contribution in [-0.4, -0.2) is 18.0 Å². The van der Waals surface area contributed by atoms with Gasteiger partial charge < -0.3 is 10.1 Å². The number of hydrogen-bond donors (Lipinski definition) is 1. The Balaban J connectivity index is 2.02. The van der Waals surface area contributed by atoms with Crippen molar-refractivity contribution in [1.82, 2.24) is 10.3 Å². The van der Waals surface area contributed by atoms with Gasteiger partial charge in [-0.05, 0) is 45.8 Å². The van der Waals surface area contributed by atoms with E-state index in [-0.39, 0.29) is 5.91 Å². The summed E-state index contributed by atoms with van der Waals surface area (Å²) in [6, 6.07) is 8.63. The number of halogens is 2. The van der Waals surface area contributed by atoms with Gasteiger partial charge in [-0.15, -0.1) is 0 Å². The first-order valence-corrected chi connectivity index (χ1v) is 6.99. The van der Waals surface area contributed by atoms with Gasteiger partial charge in [0, 0.05) is 28.8 Å². The zero-order valence-electron chi connectivity index (χ0n) is 10.7. The van der Waals surface area contributed by atoms with Crippen molar-refractivity contribution in [2.75, 3.05) is 7.11 Å². The van der Waals surface area contributed by atoms with Crippen LogP contribution in [0.25, 0.3) is 0 Å². The Hall–Kier alpha value is -1.59. The lowest BCUT2D eigenvalue weighted by Gasteiger charge is -2.07. The molecule has 104 valence electrons. The smallest absolute Gasteiger partial charge is 0.251 e. The molecule has 0 unspecified atom stereocenters. The Labute approximate surface area is 130 Å². The maximum Gasteiger partial charge on any atom is 0.251 e. The lowest BCUT2D eigenvalue weighted by molar-refractivity contribution is 0.0951. The number of hydrogen-bond acceptors (Lipinski definition) is 3. The lowest BCUT2D eigenvalue weighted by Crippen LogP contribution is -2.22. The minimum Gasteiger partial charge on any atom is -0.481 e. The number of nitrogens with zero attached hydrogens (tertiary/aromatic N) is 1. The second kappa shape index (κ2) is 6.72. The Morgan fingerprint density at radius 2 is 2.20 bits per heavy atom. The fraction of sp³-hybridized carbons (Fsp3) is 0.143. The summed E-state index contributed by atoms with van der Waals surface area (Å²) >= 11 is 9.18. The van der Waals surface area contributed by atoms with E-state index < -0.39 is 0 Å². The summed E-state index contributed by atoms with van der Waals surface area (Å²) in [5.41, 5.74) is 1.46. The number of ether oxygens (including phenoxy) is 1. The summed E-state index contributed by atoms with van der Waals surface area (Å²) in [5.74, 6) is 0.351. The highest BCUT2D eigenvalue weighted by molar-refractivity contribution is 9.10. The van der Waals surface area contributed by atoms with E-state index in [4.69, 9.17) is 16.3 Å². The Kier molecular flexibility index (Phi) is 4.98. The van der Waals surface area contributed by atoms with E-state index in [1.54, 1.807) is 37.6 Å². The molecule has 0 aliphatic heterocycles. The van der Waals surface area contributed by atoms with Crippen LogP contribution in [0.15, 0.2) is 41.0 Å². The van der Waals surface area contributed by atoms with Crippen molar-refractivity contribution in [3.63, 3.8) is 0 Å². The molecule has 0 fully saturated rings. The summed E-state index contributed by atoms with van der Waals surface area (Å²) in [4.78, 5) is 16.0. The zero-order valence-corrected chi connectivity index (χ0v) is 13.0.